The Bertz CT molecular complexity index is 2680. The lowest BCUT2D eigenvalue weighted by atomic mass is 10.0. The monoisotopic (exact) mass is 923 g/mol. The van der Waals surface area contributed by atoms with Crippen molar-refractivity contribution in [2.75, 3.05) is 63.4 Å². The maximum atomic E-state index is 13.6. The number of para-hydroxylation sites is 1. The van der Waals surface area contributed by atoms with E-state index in [1.54, 1.807) is 18.2 Å². The summed E-state index contributed by atoms with van der Waals surface area (Å²) in [6.45, 7) is 5.52. The number of piperidine rings is 2. The molecule has 3 saturated heterocycles. The number of aromatic nitrogens is 4. The van der Waals surface area contributed by atoms with Crippen LogP contribution in [0.4, 0.5) is 11.5 Å². The number of carbonyl (C=O) groups excluding carboxylic acids is 6. The minimum absolute atomic E-state index is 0.0626. The van der Waals surface area contributed by atoms with E-state index in [2.05, 4.69) is 25.5 Å². The van der Waals surface area contributed by atoms with Gasteiger partial charge in [-0.3, -0.25) is 43.9 Å². The Morgan fingerprint density at radius 2 is 1.51 bits per heavy atom. The predicted octanol–water partition coefficient (Wildman–Crippen LogP) is 5.42. The fraction of sp³-hybridized carbons (Fsp3) is 0.420. The topological polar surface area (TPSA) is 218 Å². The molecule has 3 aromatic carbocycles. The van der Waals surface area contributed by atoms with Gasteiger partial charge in [0.1, 0.15) is 35.4 Å². The second kappa shape index (κ2) is 20.8. The summed E-state index contributed by atoms with van der Waals surface area (Å²) in [5, 5.41) is 11.2. The molecule has 2 aromatic heterocycles. The van der Waals surface area contributed by atoms with Gasteiger partial charge in [0.15, 0.2) is 5.65 Å². The van der Waals surface area contributed by atoms with Gasteiger partial charge in [0.2, 0.25) is 23.6 Å². The average Bonchev–Trinajstić information content (AvgIpc) is 3.87. The van der Waals surface area contributed by atoms with Crippen molar-refractivity contribution in [1.82, 2.24) is 44.7 Å². The molecule has 68 heavy (non-hydrogen) atoms. The lowest BCUT2D eigenvalue weighted by Crippen LogP contribution is -2.54. The number of nitrogens with one attached hydrogen (secondary N) is 2. The van der Waals surface area contributed by atoms with E-state index >= 15 is 0 Å². The summed E-state index contributed by atoms with van der Waals surface area (Å²) in [6.07, 6.45) is 8.40. The molecule has 6 amide bonds. The van der Waals surface area contributed by atoms with E-state index in [-0.39, 0.29) is 41.8 Å². The molecule has 354 valence electrons. The SMILES string of the molecule is Nc1ncnc2c1c(-c1ccc(Oc3ccccc3)cc1)nn2[C@@H]1CCCN(C(=O)CCCN2CCN(C(=O)CCCCCCNc3cccc4c3C(=O)N(C3CCC(=O)NC3=O)C4=O)CC2)C1. The van der Waals surface area contributed by atoms with Gasteiger partial charge in [0.05, 0.1) is 22.6 Å². The molecule has 18 nitrogen and oxygen atoms in total. The second-order valence-corrected chi connectivity index (χ2v) is 17.9. The third-order valence-corrected chi connectivity index (χ3v) is 13.4. The Morgan fingerprint density at radius 1 is 0.765 bits per heavy atom. The molecule has 1 unspecified atom stereocenters. The highest BCUT2D eigenvalue weighted by Gasteiger charge is 2.45. The lowest BCUT2D eigenvalue weighted by Gasteiger charge is -2.35. The molecule has 0 radical (unpaired) electrons. The number of imide groups is 2. The van der Waals surface area contributed by atoms with Crippen LogP contribution in [-0.4, -0.2) is 133 Å². The maximum Gasteiger partial charge on any atom is 0.264 e. The summed E-state index contributed by atoms with van der Waals surface area (Å²) >= 11 is 0. The van der Waals surface area contributed by atoms with Crippen molar-refractivity contribution in [1.29, 1.82) is 0 Å². The van der Waals surface area contributed by atoms with E-state index in [0.29, 0.717) is 79.5 Å². The standard InChI is InChI=1S/C50H57N11O7/c51-46-44-45(33-18-20-36(21-19-33)68-35-12-4-3-5-13-35)56-61(47(44)54-32-53-46)34-11-9-26-59(31-34)42(64)17-10-25-57-27-29-58(30-28-57)41(63)16-6-1-2-7-24-52-38-15-8-14-37-43(38)50(67)60(49(37)66)39-22-23-40(62)55-48(39)65/h3-5,8,12-15,18-21,32,34,39,52H,1-2,6-7,9-11,16-17,22-31H2,(H2,51,53,54)(H,55,62,65)/t34-,39?/m1/s1. The van der Waals surface area contributed by atoms with E-state index in [1.165, 1.54) is 6.33 Å². The molecular weight excluding hydrogens is 867 g/mol. The van der Waals surface area contributed by atoms with Gasteiger partial charge in [0, 0.05) is 76.3 Å². The number of nitrogens with two attached hydrogens (primary N) is 1. The smallest absolute Gasteiger partial charge is 0.264 e. The highest BCUT2D eigenvalue weighted by molar-refractivity contribution is 6.25. The highest BCUT2D eigenvalue weighted by Crippen LogP contribution is 2.36. The van der Waals surface area contributed by atoms with Crippen molar-refractivity contribution in [2.45, 2.75) is 82.7 Å². The lowest BCUT2D eigenvalue weighted by molar-refractivity contribution is -0.136. The van der Waals surface area contributed by atoms with Crippen LogP contribution in [0.15, 0.2) is 79.1 Å². The molecule has 4 aliphatic heterocycles. The third-order valence-electron chi connectivity index (χ3n) is 13.4. The van der Waals surface area contributed by atoms with E-state index in [4.69, 9.17) is 15.6 Å². The number of anilines is 2. The Morgan fingerprint density at radius 3 is 2.31 bits per heavy atom. The van der Waals surface area contributed by atoms with Crippen LogP contribution in [0.25, 0.3) is 22.3 Å². The van der Waals surface area contributed by atoms with Gasteiger partial charge >= 0.3 is 0 Å². The number of ether oxygens (including phenoxy) is 1. The minimum Gasteiger partial charge on any atom is -0.457 e. The molecule has 6 heterocycles. The zero-order valence-electron chi connectivity index (χ0n) is 38.1. The summed E-state index contributed by atoms with van der Waals surface area (Å²) in [6, 6.07) is 21.3. The van der Waals surface area contributed by atoms with Crippen molar-refractivity contribution in [3.05, 3.63) is 90.3 Å². The first-order chi connectivity index (χ1) is 33.1. The average molecular weight is 924 g/mol. The summed E-state index contributed by atoms with van der Waals surface area (Å²) in [7, 11) is 0. The van der Waals surface area contributed by atoms with Gasteiger partial charge in [-0.05, 0) is 93.6 Å². The molecule has 3 fully saturated rings. The van der Waals surface area contributed by atoms with Crippen molar-refractivity contribution in [3.8, 4) is 22.8 Å². The molecule has 4 aliphatic rings. The van der Waals surface area contributed by atoms with E-state index < -0.39 is 29.7 Å². The minimum atomic E-state index is -1.01. The van der Waals surface area contributed by atoms with Crippen LogP contribution in [0, 0.1) is 0 Å². The number of rotatable bonds is 17. The van der Waals surface area contributed by atoms with Crippen molar-refractivity contribution >= 4 is 58.0 Å². The fourth-order valence-electron chi connectivity index (χ4n) is 9.77. The first-order valence-electron chi connectivity index (χ1n) is 23.8. The first kappa shape index (κ1) is 45.9. The van der Waals surface area contributed by atoms with Crippen LogP contribution in [0.2, 0.25) is 0 Å². The van der Waals surface area contributed by atoms with Crippen LogP contribution in [0.1, 0.15) is 97.4 Å². The van der Waals surface area contributed by atoms with Crippen molar-refractivity contribution in [2.24, 2.45) is 0 Å². The molecule has 4 N–H and O–H groups in total. The van der Waals surface area contributed by atoms with Crippen LogP contribution in [-0.2, 0) is 19.2 Å². The molecule has 0 bridgehead atoms. The van der Waals surface area contributed by atoms with Gasteiger partial charge in [0.25, 0.3) is 11.8 Å². The van der Waals surface area contributed by atoms with Crippen LogP contribution < -0.4 is 21.1 Å². The van der Waals surface area contributed by atoms with Gasteiger partial charge in [-0.1, -0.05) is 37.1 Å². The largest absolute Gasteiger partial charge is 0.457 e. The Kier molecular flexibility index (Phi) is 14.0. The summed E-state index contributed by atoms with van der Waals surface area (Å²) in [5.41, 5.74) is 9.66. The number of unbranched alkanes of at least 4 members (excludes halogenated alkanes) is 3. The highest BCUT2D eigenvalue weighted by atomic mass is 16.5. The molecule has 18 heteroatoms. The first-order valence-corrected chi connectivity index (χ1v) is 23.8. The number of likely N-dealkylation sites (tertiary alicyclic amines) is 1. The zero-order valence-corrected chi connectivity index (χ0v) is 38.1. The molecule has 0 saturated carbocycles. The number of nitrogens with zero attached hydrogens (tertiary/aromatic N) is 8. The van der Waals surface area contributed by atoms with Crippen LogP contribution in [0.3, 0.4) is 0 Å². The number of hydrogen-bond acceptors (Lipinski definition) is 13. The molecule has 0 spiro atoms. The Balaban J connectivity index is 0.673. The molecular formula is C50H57N11O7. The number of amides is 6. The number of piperazine rings is 1. The Labute approximate surface area is 394 Å². The zero-order chi connectivity index (χ0) is 47.1. The number of nitrogen functional groups attached to an aromatic ring is 1. The quantitative estimate of drug-likeness (QED) is 0.0785. The maximum absolute atomic E-state index is 13.6. The van der Waals surface area contributed by atoms with E-state index in [1.807, 2.05) is 69.1 Å². The Hall–Kier alpha value is -7.21. The fourth-order valence-corrected chi connectivity index (χ4v) is 9.77. The van der Waals surface area contributed by atoms with E-state index in [9.17, 15) is 28.8 Å². The number of carbonyl (C=O) groups is 6. The molecule has 2 atom stereocenters. The van der Waals surface area contributed by atoms with Gasteiger partial charge in [-0.15, -0.1) is 0 Å². The third kappa shape index (κ3) is 10.0. The normalized spacial score (nSPS) is 18.8. The molecule has 5 aromatic rings. The summed E-state index contributed by atoms with van der Waals surface area (Å²) < 4.78 is 7.92. The number of hydrogen-bond donors (Lipinski definition) is 3. The van der Waals surface area contributed by atoms with Gasteiger partial charge < -0.3 is 25.6 Å². The number of benzene rings is 3. The number of fused-ring (bicyclic) bond motifs is 2. The van der Waals surface area contributed by atoms with Crippen molar-refractivity contribution < 1.29 is 33.5 Å². The molecule has 9 rings (SSSR count). The summed E-state index contributed by atoms with van der Waals surface area (Å²) in [5.74, 6) is -0.00326. The van der Waals surface area contributed by atoms with E-state index in [0.717, 1.165) is 80.8 Å². The van der Waals surface area contributed by atoms with Crippen molar-refractivity contribution in [3.63, 3.8) is 0 Å². The van der Waals surface area contributed by atoms with Gasteiger partial charge in [-0.25, -0.2) is 14.6 Å². The van der Waals surface area contributed by atoms with Crippen LogP contribution >= 0.6 is 0 Å². The molecule has 0 aliphatic carbocycles. The van der Waals surface area contributed by atoms with Crippen LogP contribution in [0.5, 0.6) is 11.5 Å². The second-order valence-electron chi connectivity index (χ2n) is 17.9. The van der Waals surface area contributed by atoms with Gasteiger partial charge in [-0.2, -0.15) is 5.10 Å². The summed E-state index contributed by atoms with van der Waals surface area (Å²) in [4.78, 5) is 93.3. The predicted molar refractivity (Wildman–Crippen MR) is 253 cm³/mol.